The van der Waals surface area contributed by atoms with Gasteiger partial charge in [0, 0.05) is 13.7 Å². The molecule has 2 unspecified atom stereocenters. The van der Waals surface area contributed by atoms with Gasteiger partial charge in [-0.3, -0.25) is 0 Å². The highest BCUT2D eigenvalue weighted by molar-refractivity contribution is 8.06. The minimum atomic E-state index is -3.32. The van der Waals surface area contributed by atoms with Crippen LogP contribution in [0.5, 0.6) is 0 Å². The fourth-order valence-corrected chi connectivity index (χ4v) is 1.87. The van der Waals surface area contributed by atoms with Crippen LogP contribution in [0.2, 0.25) is 0 Å². The summed E-state index contributed by atoms with van der Waals surface area (Å²) < 4.78 is 15.0. The predicted octanol–water partition coefficient (Wildman–Crippen LogP) is 0.378. The first-order valence-electron chi connectivity index (χ1n) is 4.88. The summed E-state index contributed by atoms with van der Waals surface area (Å²) in [5.74, 6) is 0. The van der Waals surface area contributed by atoms with Crippen LogP contribution in [0.15, 0.2) is 0 Å². The van der Waals surface area contributed by atoms with Crippen LogP contribution < -0.4 is 10.6 Å². The maximum absolute atomic E-state index is 11.3. The molecule has 92 valence electrons. The summed E-state index contributed by atoms with van der Waals surface area (Å²) in [6.45, 7) is 0.110. The first-order chi connectivity index (χ1) is 7.05. The first-order valence-corrected chi connectivity index (χ1v) is 7.44. The second kappa shape index (κ2) is 8.58. The minimum absolute atomic E-state index is 0.286. The van der Waals surface area contributed by atoms with Gasteiger partial charge in [-0.05, 0) is 19.4 Å². The molecule has 0 spiro atoms. The van der Waals surface area contributed by atoms with E-state index in [1.807, 2.05) is 6.92 Å². The van der Waals surface area contributed by atoms with Gasteiger partial charge in [-0.25, -0.2) is 0 Å². The molecule has 0 aliphatic heterocycles. The van der Waals surface area contributed by atoms with Gasteiger partial charge in [0.2, 0.25) is 0 Å². The van der Waals surface area contributed by atoms with E-state index in [1.54, 1.807) is 0 Å². The maximum Gasteiger partial charge on any atom is 0.115 e. The summed E-state index contributed by atoms with van der Waals surface area (Å²) in [6.07, 6.45) is 1.19. The van der Waals surface area contributed by atoms with Crippen LogP contribution in [0.1, 0.15) is 19.8 Å². The van der Waals surface area contributed by atoms with Crippen molar-refractivity contribution in [2.75, 3.05) is 26.9 Å². The zero-order valence-electron chi connectivity index (χ0n) is 9.18. The Kier molecular flexibility index (Phi) is 8.84. The largest absolute Gasteiger partial charge is 0.780 e. The lowest BCUT2D eigenvalue weighted by molar-refractivity contribution is -0.210. The second-order valence-electron chi connectivity index (χ2n) is 2.98. The molecule has 0 aliphatic rings. The summed E-state index contributed by atoms with van der Waals surface area (Å²) in [4.78, 5) is 11.3. The average Bonchev–Trinajstić information content (AvgIpc) is 2.22. The van der Waals surface area contributed by atoms with E-state index in [0.717, 1.165) is 6.42 Å². The van der Waals surface area contributed by atoms with Crippen molar-refractivity contribution in [2.24, 2.45) is 5.73 Å². The van der Waals surface area contributed by atoms with Crippen LogP contribution in [0.4, 0.5) is 0 Å². The van der Waals surface area contributed by atoms with Crippen LogP contribution in [-0.4, -0.2) is 33.0 Å². The summed E-state index contributed by atoms with van der Waals surface area (Å²) in [5.41, 5.74) is 5.31. The van der Waals surface area contributed by atoms with Gasteiger partial charge in [-0.1, -0.05) is 18.7 Å². The SMILES string of the molecule is CCC(COCCCN)OP([O-])(=S)OC. The van der Waals surface area contributed by atoms with Gasteiger partial charge in [-0.2, -0.15) is 0 Å². The third-order valence-corrected chi connectivity index (χ3v) is 3.46. The van der Waals surface area contributed by atoms with E-state index in [9.17, 15) is 4.89 Å². The molecule has 5 nitrogen and oxygen atoms in total. The van der Waals surface area contributed by atoms with Crippen LogP contribution in [-0.2, 0) is 25.6 Å². The molecule has 0 aliphatic carbocycles. The molecule has 0 saturated carbocycles. The molecule has 0 bridgehead atoms. The quantitative estimate of drug-likeness (QED) is 0.474. The monoisotopic (exact) mass is 256 g/mol. The molecule has 0 aromatic rings. The molecule has 0 rings (SSSR count). The van der Waals surface area contributed by atoms with Gasteiger partial charge in [0.25, 0.3) is 0 Å². The first kappa shape index (κ1) is 15.4. The molecule has 0 aromatic heterocycles. The van der Waals surface area contributed by atoms with Gasteiger partial charge < -0.3 is 24.4 Å². The molecule has 7 heteroatoms. The van der Waals surface area contributed by atoms with Crippen molar-refractivity contribution < 1.29 is 18.7 Å². The Balaban J connectivity index is 3.78. The zero-order valence-corrected chi connectivity index (χ0v) is 10.9. The number of hydrogen-bond acceptors (Lipinski definition) is 6. The number of nitrogens with two attached hydrogens (primary N) is 1. The average molecular weight is 256 g/mol. The second-order valence-corrected chi connectivity index (χ2v) is 5.79. The van der Waals surface area contributed by atoms with Crippen molar-refractivity contribution in [3.05, 3.63) is 0 Å². The standard InChI is InChI=1S/C8H20NO4PS/c1-3-8(7-12-6-4-5-9)13-14(10,15)11-2/h8H,3-7,9H2,1-2H3,(H,10,15)/p-1. The van der Waals surface area contributed by atoms with Crippen LogP contribution in [0.25, 0.3) is 0 Å². The van der Waals surface area contributed by atoms with E-state index < -0.39 is 6.72 Å². The van der Waals surface area contributed by atoms with Gasteiger partial charge in [-0.15, -0.1) is 0 Å². The van der Waals surface area contributed by atoms with E-state index >= 15 is 0 Å². The third-order valence-electron chi connectivity index (χ3n) is 1.75. The van der Waals surface area contributed by atoms with Crippen molar-refractivity contribution in [1.29, 1.82) is 0 Å². The molecule has 2 N–H and O–H groups in total. The lowest BCUT2D eigenvalue weighted by Gasteiger charge is -2.30. The van der Waals surface area contributed by atoms with Crippen LogP contribution in [0, 0.1) is 0 Å². The van der Waals surface area contributed by atoms with Gasteiger partial charge in [0.15, 0.2) is 0 Å². The molecule has 0 radical (unpaired) electrons. The van der Waals surface area contributed by atoms with Gasteiger partial charge >= 0.3 is 0 Å². The maximum atomic E-state index is 11.3. The highest BCUT2D eigenvalue weighted by Crippen LogP contribution is 2.39. The van der Waals surface area contributed by atoms with E-state index in [2.05, 4.69) is 16.3 Å². The Morgan fingerprint density at radius 2 is 2.20 bits per heavy atom. The summed E-state index contributed by atoms with van der Waals surface area (Å²) in [6, 6.07) is 0. The van der Waals surface area contributed by atoms with E-state index in [4.69, 9.17) is 15.0 Å². The third kappa shape index (κ3) is 8.28. The van der Waals surface area contributed by atoms with Crippen LogP contribution in [0.3, 0.4) is 0 Å². The Labute approximate surface area is 96.1 Å². The highest BCUT2D eigenvalue weighted by Gasteiger charge is 2.12. The van der Waals surface area contributed by atoms with Crippen molar-refractivity contribution >= 4 is 18.5 Å². The lowest BCUT2D eigenvalue weighted by Crippen LogP contribution is -2.22. The van der Waals surface area contributed by atoms with E-state index in [-0.39, 0.29) is 6.10 Å². The molecule has 0 fully saturated rings. The molecule has 0 saturated heterocycles. The predicted molar refractivity (Wildman–Crippen MR) is 60.9 cm³/mol. The number of hydrogen-bond donors (Lipinski definition) is 1. The van der Waals surface area contributed by atoms with Crippen LogP contribution >= 0.6 is 6.72 Å². The lowest BCUT2D eigenvalue weighted by atomic mass is 10.3. The summed E-state index contributed by atoms with van der Waals surface area (Å²) in [5, 5.41) is 0. The smallest absolute Gasteiger partial charge is 0.115 e. The summed E-state index contributed by atoms with van der Waals surface area (Å²) >= 11 is 4.62. The molecule has 0 aromatic carbocycles. The molecule has 2 atom stereocenters. The normalized spacial score (nSPS) is 17.3. The van der Waals surface area contributed by atoms with E-state index in [1.165, 1.54) is 7.11 Å². The number of rotatable bonds is 9. The van der Waals surface area contributed by atoms with Crippen molar-refractivity contribution in [2.45, 2.75) is 25.9 Å². The topological polar surface area (TPSA) is 76.8 Å². The Morgan fingerprint density at radius 1 is 1.53 bits per heavy atom. The zero-order chi connectivity index (χ0) is 11.7. The van der Waals surface area contributed by atoms with Crippen molar-refractivity contribution in [3.8, 4) is 0 Å². The minimum Gasteiger partial charge on any atom is -0.780 e. The molecular weight excluding hydrogens is 237 g/mol. The Morgan fingerprint density at radius 3 is 2.67 bits per heavy atom. The number of ether oxygens (including phenoxy) is 1. The fraction of sp³-hybridized carbons (Fsp3) is 1.00. The highest BCUT2D eigenvalue weighted by atomic mass is 32.5. The fourth-order valence-electron chi connectivity index (χ4n) is 0.849. The van der Waals surface area contributed by atoms with Gasteiger partial charge in [0.05, 0.1) is 12.7 Å². The van der Waals surface area contributed by atoms with Crippen molar-refractivity contribution in [3.63, 3.8) is 0 Å². The summed E-state index contributed by atoms with van der Waals surface area (Å²) in [7, 11) is 1.27. The van der Waals surface area contributed by atoms with Crippen molar-refractivity contribution in [1.82, 2.24) is 0 Å². The Bertz CT molecular complexity index is 205. The molecule has 0 amide bonds. The molecule has 15 heavy (non-hydrogen) atoms. The van der Waals surface area contributed by atoms with Gasteiger partial charge in [0.1, 0.15) is 6.72 Å². The molecule has 0 heterocycles. The molecular formula is C8H19NO4PS-. The Hall–Kier alpha value is 0.450. The van der Waals surface area contributed by atoms with E-state index in [0.29, 0.717) is 26.2 Å².